The summed E-state index contributed by atoms with van der Waals surface area (Å²) in [7, 11) is 0. The normalized spacial score (nSPS) is 12.3. The Morgan fingerprint density at radius 1 is 1.53 bits per heavy atom. The van der Waals surface area contributed by atoms with Crippen LogP contribution in [-0.2, 0) is 11.2 Å². The standard InChI is InChI=1S/C12H10ClNO2S/c13-9-3-1-2-8(4-9)11(12(15)16)5-10-6-14-7-17-10/h1-4,6-7,11H,5H2,(H,15,16). The number of hydrogen-bond acceptors (Lipinski definition) is 3. The molecule has 0 fully saturated rings. The van der Waals surface area contributed by atoms with Gasteiger partial charge in [0.25, 0.3) is 0 Å². The van der Waals surface area contributed by atoms with E-state index in [2.05, 4.69) is 4.98 Å². The van der Waals surface area contributed by atoms with Gasteiger partial charge in [-0.1, -0.05) is 23.7 Å². The Morgan fingerprint density at radius 3 is 2.94 bits per heavy atom. The molecule has 2 rings (SSSR count). The summed E-state index contributed by atoms with van der Waals surface area (Å²) in [6.07, 6.45) is 2.14. The summed E-state index contributed by atoms with van der Waals surface area (Å²) in [5.41, 5.74) is 2.42. The van der Waals surface area contributed by atoms with E-state index in [9.17, 15) is 9.90 Å². The molecule has 0 saturated heterocycles. The third-order valence-electron chi connectivity index (χ3n) is 2.44. The van der Waals surface area contributed by atoms with Crippen molar-refractivity contribution in [3.63, 3.8) is 0 Å². The van der Waals surface area contributed by atoms with Crippen molar-refractivity contribution < 1.29 is 9.90 Å². The molecule has 1 heterocycles. The Labute approximate surface area is 108 Å². The van der Waals surface area contributed by atoms with E-state index in [-0.39, 0.29) is 0 Å². The molecular formula is C12H10ClNO2S. The van der Waals surface area contributed by atoms with Gasteiger partial charge in [-0.15, -0.1) is 11.3 Å². The van der Waals surface area contributed by atoms with Crippen molar-refractivity contribution in [2.45, 2.75) is 12.3 Å². The second-order valence-corrected chi connectivity index (χ2v) is 5.03. The fourth-order valence-electron chi connectivity index (χ4n) is 1.62. The summed E-state index contributed by atoms with van der Waals surface area (Å²) in [5, 5.41) is 9.81. The van der Waals surface area contributed by atoms with Gasteiger partial charge in [0.05, 0.1) is 11.4 Å². The van der Waals surface area contributed by atoms with Crippen LogP contribution in [-0.4, -0.2) is 16.1 Å². The Hall–Kier alpha value is -1.39. The van der Waals surface area contributed by atoms with E-state index in [0.717, 1.165) is 10.4 Å². The number of carboxylic acid groups (broad SMARTS) is 1. The predicted molar refractivity (Wildman–Crippen MR) is 67.6 cm³/mol. The largest absolute Gasteiger partial charge is 0.481 e. The lowest BCUT2D eigenvalue weighted by atomic mass is 9.95. The van der Waals surface area contributed by atoms with Gasteiger partial charge in [-0.25, -0.2) is 0 Å². The molecule has 1 aromatic carbocycles. The smallest absolute Gasteiger partial charge is 0.311 e. The number of halogens is 1. The number of aliphatic carboxylic acids is 1. The van der Waals surface area contributed by atoms with Crippen LogP contribution in [0, 0.1) is 0 Å². The topological polar surface area (TPSA) is 50.2 Å². The Bertz CT molecular complexity index is 513. The molecule has 0 radical (unpaired) electrons. The summed E-state index contributed by atoms with van der Waals surface area (Å²) in [5.74, 6) is -1.42. The molecule has 0 spiro atoms. The number of benzene rings is 1. The summed E-state index contributed by atoms with van der Waals surface area (Å²) in [6.45, 7) is 0. The summed E-state index contributed by atoms with van der Waals surface area (Å²) in [6, 6.07) is 6.98. The first-order valence-electron chi connectivity index (χ1n) is 5.02. The highest BCUT2D eigenvalue weighted by Gasteiger charge is 2.21. The molecule has 17 heavy (non-hydrogen) atoms. The zero-order chi connectivity index (χ0) is 12.3. The van der Waals surface area contributed by atoms with E-state index >= 15 is 0 Å². The number of carbonyl (C=O) groups is 1. The van der Waals surface area contributed by atoms with Gasteiger partial charge in [0.1, 0.15) is 0 Å². The van der Waals surface area contributed by atoms with Crippen molar-refractivity contribution in [1.29, 1.82) is 0 Å². The number of rotatable bonds is 4. The molecule has 0 bridgehead atoms. The van der Waals surface area contributed by atoms with Crippen LogP contribution < -0.4 is 0 Å². The minimum Gasteiger partial charge on any atom is -0.481 e. The molecule has 0 saturated carbocycles. The highest BCUT2D eigenvalue weighted by molar-refractivity contribution is 7.09. The molecule has 5 heteroatoms. The SMILES string of the molecule is O=C(O)C(Cc1cncs1)c1cccc(Cl)c1. The average Bonchev–Trinajstić information content (AvgIpc) is 2.78. The molecule has 1 atom stereocenters. The Kier molecular flexibility index (Phi) is 3.76. The van der Waals surface area contributed by atoms with Gasteiger partial charge < -0.3 is 5.11 Å². The summed E-state index contributed by atoms with van der Waals surface area (Å²) in [4.78, 5) is 16.2. The van der Waals surface area contributed by atoms with Crippen molar-refractivity contribution in [3.8, 4) is 0 Å². The number of nitrogens with zero attached hydrogens (tertiary/aromatic N) is 1. The third-order valence-corrected chi connectivity index (χ3v) is 3.47. The highest BCUT2D eigenvalue weighted by atomic mass is 35.5. The molecule has 0 aliphatic rings. The number of thiazole rings is 1. The zero-order valence-electron chi connectivity index (χ0n) is 8.84. The van der Waals surface area contributed by atoms with Gasteiger partial charge in [-0.2, -0.15) is 0 Å². The maximum atomic E-state index is 11.3. The number of hydrogen-bond donors (Lipinski definition) is 1. The fraction of sp³-hybridized carbons (Fsp3) is 0.167. The van der Waals surface area contributed by atoms with Crippen molar-refractivity contribution >= 4 is 28.9 Å². The molecule has 3 nitrogen and oxygen atoms in total. The quantitative estimate of drug-likeness (QED) is 0.925. The molecule has 0 amide bonds. The van der Waals surface area contributed by atoms with Crippen molar-refractivity contribution in [3.05, 3.63) is 51.4 Å². The minimum atomic E-state index is -0.847. The first-order valence-corrected chi connectivity index (χ1v) is 6.28. The molecule has 0 aliphatic carbocycles. The van der Waals surface area contributed by atoms with Gasteiger partial charge in [0.2, 0.25) is 0 Å². The summed E-state index contributed by atoms with van der Waals surface area (Å²) < 4.78 is 0. The van der Waals surface area contributed by atoms with Crippen LogP contribution in [0.25, 0.3) is 0 Å². The average molecular weight is 268 g/mol. The molecule has 1 unspecified atom stereocenters. The van der Waals surface area contributed by atoms with E-state index in [0.29, 0.717) is 11.4 Å². The molecule has 2 aromatic rings. The first kappa shape index (κ1) is 12.1. The van der Waals surface area contributed by atoms with Crippen LogP contribution in [0.5, 0.6) is 0 Å². The molecular weight excluding hydrogens is 258 g/mol. The number of aromatic nitrogens is 1. The maximum Gasteiger partial charge on any atom is 0.311 e. The summed E-state index contributed by atoms with van der Waals surface area (Å²) >= 11 is 7.33. The molecule has 0 aliphatic heterocycles. The lowest BCUT2D eigenvalue weighted by molar-refractivity contribution is -0.138. The third kappa shape index (κ3) is 3.05. The second-order valence-electron chi connectivity index (χ2n) is 3.62. The van der Waals surface area contributed by atoms with Crippen LogP contribution in [0.1, 0.15) is 16.4 Å². The van der Waals surface area contributed by atoms with Gasteiger partial charge in [-0.3, -0.25) is 9.78 Å². The molecule has 88 valence electrons. The van der Waals surface area contributed by atoms with Crippen LogP contribution in [0.15, 0.2) is 36.0 Å². The van der Waals surface area contributed by atoms with E-state index in [1.54, 1.807) is 36.0 Å². The monoisotopic (exact) mass is 267 g/mol. The van der Waals surface area contributed by atoms with Gasteiger partial charge >= 0.3 is 5.97 Å². The lowest BCUT2D eigenvalue weighted by Gasteiger charge is -2.11. The van der Waals surface area contributed by atoms with Crippen LogP contribution in [0.3, 0.4) is 0 Å². The van der Waals surface area contributed by atoms with Crippen LogP contribution in [0.2, 0.25) is 5.02 Å². The lowest BCUT2D eigenvalue weighted by Crippen LogP contribution is -2.13. The maximum absolute atomic E-state index is 11.3. The van der Waals surface area contributed by atoms with Gasteiger partial charge in [0.15, 0.2) is 0 Å². The minimum absolute atomic E-state index is 0.445. The van der Waals surface area contributed by atoms with Gasteiger partial charge in [-0.05, 0) is 17.7 Å². The Morgan fingerprint density at radius 2 is 2.35 bits per heavy atom. The fourth-order valence-corrected chi connectivity index (χ4v) is 2.46. The van der Waals surface area contributed by atoms with Crippen LogP contribution >= 0.6 is 22.9 Å². The Balaban J connectivity index is 2.26. The number of carboxylic acids is 1. The molecule has 1 aromatic heterocycles. The van der Waals surface area contributed by atoms with Crippen molar-refractivity contribution in [2.75, 3.05) is 0 Å². The van der Waals surface area contributed by atoms with E-state index in [1.807, 2.05) is 0 Å². The van der Waals surface area contributed by atoms with E-state index in [4.69, 9.17) is 11.6 Å². The van der Waals surface area contributed by atoms with Crippen LogP contribution in [0.4, 0.5) is 0 Å². The second kappa shape index (κ2) is 5.29. The molecule has 1 N–H and O–H groups in total. The van der Waals surface area contributed by atoms with E-state index < -0.39 is 11.9 Å². The predicted octanol–water partition coefficient (Wildman–Crippen LogP) is 3.21. The first-order chi connectivity index (χ1) is 8.16. The zero-order valence-corrected chi connectivity index (χ0v) is 10.4. The van der Waals surface area contributed by atoms with E-state index in [1.165, 1.54) is 11.3 Å². The van der Waals surface area contributed by atoms with Crippen molar-refractivity contribution in [2.24, 2.45) is 0 Å². The van der Waals surface area contributed by atoms with Gasteiger partial charge in [0, 0.05) is 22.5 Å². The highest BCUT2D eigenvalue weighted by Crippen LogP contribution is 2.25. The van der Waals surface area contributed by atoms with Crippen molar-refractivity contribution in [1.82, 2.24) is 4.98 Å².